The molecule has 2 amide bonds. The zero-order valence-electron chi connectivity index (χ0n) is 17.8. The highest BCUT2D eigenvalue weighted by atomic mass is 16.5. The van der Waals surface area contributed by atoms with Gasteiger partial charge in [0.15, 0.2) is 0 Å². The number of urea groups is 1. The summed E-state index contributed by atoms with van der Waals surface area (Å²) in [5.74, 6) is 3.54. The number of aryl methyl sites for hydroxylation is 1. The fraction of sp³-hybridized carbons (Fsp3) is 0.333. The Morgan fingerprint density at radius 1 is 0.968 bits per heavy atom. The fourth-order valence-electron chi connectivity index (χ4n) is 3.45. The maximum absolute atomic E-state index is 12.8. The van der Waals surface area contributed by atoms with Crippen LogP contribution in [0.15, 0.2) is 43.0 Å². The van der Waals surface area contributed by atoms with Crippen LogP contribution in [0.1, 0.15) is 5.82 Å². The molecule has 0 bridgehead atoms. The van der Waals surface area contributed by atoms with E-state index in [4.69, 9.17) is 9.47 Å². The molecule has 10 nitrogen and oxygen atoms in total. The molecule has 0 atom stereocenters. The van der Waals surface area contributed by atoms with Crippen molar-refractivity contribution < 1.29 is 14.3 Å². The average molecular weight is 423 g/mol. The van der Waals surface area contributed by atoms with Crippen LogP contribution in [0, 0.1) is 6.92 Å². The lowest BCUT2D eigenvalue weighted by Gasteiger charge is -2.35. The molecule has 1 aliphatic heterocycles. The number of benzene rings is 1. The van der Waals surface area contributed by atoms with E-state index in [2.05, 4.69) is 25.2 Å². The number of nitrogens with zero attached hydrogens (tertiary/aromatic N) is 6. The van der Waals surface area contributed by atoms with Crippen LogP contribution in [0.2, 0.25) is 0 Å². The lowest BCUT2D eigenvalue weighted by atomic mass is 10.2. The number of nitrogens with one attached hydrogen (secondary N) is 1. The van der Waals surface area contributed by atoms with Crippen molar-refractivity contribution >= 4 is 17.5 Å². The van der Waals surface area contributed by atoms with Crippen molar-refractivity contribution in [2.75, 3.05) is 50.6 Å². The Kier molecular flexibility index (Phi) is 5.87. The minimum absolute atomic E-state index is 0.159. The van der Waals surface area contributed by atoms with Crippen molar-refractivity contribution in [3.8, 4) is 17.3 Å². The van der Waals surface area contributed by atoms with Crippen molar-refractivity contribution in [2.24, 2.45) is 0 Å². The van der Waals surface area contributed by atoms with Crippen LogP contribution in [-0.4, -0.2) is 70.8 Å². The molecule has 0 spiro atoms. The van der Waals surface area contributed by atoms with Gasteiger partial charge in [-0.2, -0.15) is 0 Å². The second-order valence-corrected chi connectivity index (χ2v) is 7.11. The minimum Gasteiger partial charge on any atom is -0.497 e. The first-order valence-corrected chi connectivity index (χ1v) is 9.93. The first-order chi connectivity index (χ1) is 15.1. The molecule has 3 aromatic rings. The maximum Gasteiger partial charge on any atom is 0.321 e. The van der Waals surface area contributed by atoms with Gasteiger partial charge in [0.25, 0.3) is 0 Å². The standard InChI is InChI=1S/C21H25N7O3/c1-15-23-19(13-20(24-15)28-5-4-22-14-28)26-6-8-27(9-7-26)21(29)25-16-10-17(30-2)12-18(11-16)31-3/h4-5,10-14H,6-9H2,1-3H3,(H,25,29). The second kappa shape index (κ2) is 8.90. The molecule has 1 aromatic carbocycles. The highest BCUT2D eigenvalue weighted by Crippen LogP contribution is 2.26. The summed E-state index contributed by atoms with van der Waals surface area (Å²) >= 11 is 0. The Morgan fingerprint density at radius 3 is 2.26 bits per heavy atom. The van der Waals surface area contributed by atoms with Crippen LogP contribution in [0.4, 0.5) is 16.3 Å². The van der Waals surface area contributed by atoms with Crippen molar-refractivity contribution in [3.05, 3.63) is 48.8 Å². The Hall–Kier alpha value is -3.82. The number of carbonyl (C=O) groups is 1. The van der Waals surface area contributed by atoms with Gasteiger partial charge in [-0.3, -0.25) is 4.57 Å². The Balaban J connectivity index is 1.40. The van der Waals surface area contributed by atoms with Gasteiger partial charge in [-0.1, -0.05) is 0 Å². The van der Waals surface area contributed by atoms with Gasteiger partial charge in [0.1, 0.15) is 35.3 Å². The quantitative estimate of drug-likeness (QED) is 0.673. The smallest absolute Gasteiger partial charge is 0.321 e. The molecular weight excluding hydrogens is 398 g/mol. The van der Waals surface area contributed by atoms with E-state index in [0.717, 1.165) is 11.6 Å². The van der Waals surface area contributed by atoms with Gasteiger partial charge < -0.3 is 24.6 Å². The minimum atomic E-state index is -0.159. The molecule has 0 unspecified atom stereocenters. The second-order valence-electron chi connectivity index (χ2n) is 7.11. The monoisotopic (exact) mass is 423 g/mol. The average Bonchev–Trinajstić information content (AvgIpc) is 3.33. The molecule has 31 heavy (non-hydrogen) atoms. The van der Waals surface area contributed by atoms with E-state index < -0.39 is 0 Å². The molecule has 0 aliphatic carbocycles. The third-order valence-corrected chi connectivity index (χ3v) is 5.07. The van der Waals surface area contributed by atoms with Crippen LogP contribution in [0.5, 0.6) is 11.5 Å². The van der Waals surface area contributed by atoms with Crippen LogP contribution >= 0.6 is 0 Å². The van der Waals surface area contributed by atoms with E-state index in [0.29, 0.717) is 49.2 Å². The molecule has 4 rings (SSSR count). The first-order valence-electron chi connectivity index (χ1n) is 9.93. The molecule has 0 saturated carbocycles. The molecule has 1 saturated heterocycles. The summed E-state index contributed by atoms with van der Waals surface area (Å²) in [4.78, 5) is 29.8. The highest BCUT2D eigenvalue weighted by molar-refractivity contribution is 5.90. The van der Waals surface area contributed by atoms with Crippen molar-refractivity contribution in [2.45, 2.75) is 6.92 Å². The molecule has 1 aliphatic rings. The summed E-state index contributed by atoms with van der Waals surface area (Å²) in [5, 5.41) is 2.93. The third-order valence-electron chi connectivity index (χ3n) is 5.07. The van der Waals surface area contributed by atoms with E-state index in [1.807, 2.05) is 23.8 Å². The van der Waals surface area contributed by atoms with Crippen molar-refractivity contribution in [1.82, 2.24) is 24.4 Å². The van der Waals surface area contributed by atoms with Crippen LogP contribution < -0.4 is 19.7 Å². The number of methoxy groups -OCH3 is 2. The summed E-state index contributed by atoms with van der Waals surface area (Å²) in [6, 6.07) is 7.06. The zero-order valence-corrected chi connectivity index (χ0v) is 17.8. The molecule has 1 N–H and O–H groups in total. The lowest BCUT2D eigenvalue weighted by molar-refractivity contribution is 0.208. The Bertz CT molecular complexity index is 1020. The number of amides is 2. The van der Waals surface area contributed by atoms with Crippen molar-refractivity contribution in [3.63, 3.8) is 0 Å². The molecule has 10 heteroatoms. The molecule has 0 radical (unpaired) electrons. The number of rotatable bonds is 5. The summed E-state index contributed by atoms with van der Waals surface area (Å²) in [6.07, 6.45) is 5.27. The number of piperazine rings is 1. The largest absolute Gasteiger partial charge is 0.497 e. The van der Waals surface area contributed by atoms with E-state index in [1.165, 1.54) is 0 Å². The molecule has 162 valence electrons. The number of imidazole rings is 1. The zero-order chi connectivity index (χ0) is 21.8. The third kappa shape index (κ3) is 4.68. The SMILES string of the molecule is COc1cc(NC(=O)N2CCN(c3cc(-n4ccnc4)nc(C)n3)CC2)cc(OC)c1. The summed E-state index contributed by atoms with van der Waals surface area (Å²) < 4.78 is 12.4. The van der Waals surface area contributed by atoms with Gasteiger partial charge >= 0.3 is 6.03 Å². The number of ether oxygens (including phenoxy) is 2. The Labute approximate surface area is 180 Å². The molecule has 2 aromatic heterocycles. The van der Waals surface area contributed by atoms with Crippen LogP contribution in [0.3, 0.4) is 0 Å². The number of carbonyl (C=O) groups excluding carboxylic acids is 1. The first kappa shape index (κ1) is 20.5. The molecule has 1 fully saturated rings. The predicted molar refractivity (Wildman–Crippen MR) is 116 cm³/mol. The van der Waals surface area contributed by atoms with Gasteiger partial charge in [-0.05, 0) is 6.92 Å². The topological polar surface area (TPSA) is 97.6 Å². The van der Waals surface area contributed by atoms with Gasteiger partial charge in [0.2, 0.25) is 0 Å². The van der Waals surface area contributed by atoms with E-state index in [-0.39, 0.29) is 6.03 Å². The number of anilines is 2. The molecule has 3 heterocycles. The number of hydrogen-bond donors (Lipinski definition) is 1. The summed E-state index contributed by atoms with van der Waals surface area (Å²) in [7, 11) is 3.15. The van der Waals surface area contributed by atoms with Gasteiger partial charge in [-0.25, -0.2) is 19.7 Å². The van der Waals surface area contributed by atoms with E-state index >= 15 is 0 Å². The fourth-order valence-corrected chi connectivity index (χ4v) is 3.45. The van der Waals surface area contributed by atoms with Crippen LogP contribution in [-0.2, 0) is 0 Å². The molecular formula is C21H25N7O3. The maximum atomic E-state index is 12.8. The normalized spacial score (nSPS) is 13.8. The van der Waals surface area contributed by atoms with Gasteiger partial charge in [-0.15, -0.1) is 0 Å². The predicted octanol–water partition coefficient (Wildman–Crippen LogP) is 2.34. The van der Waals surface area contributed by atoms with E-state index in [1.54, 1.807) is 49.8 Å². The van der Waals surface area contributed by atoms with Crippen LogP contribution in [0.25, 0.3) is 5.82 Å². The van der Waals surface area contributed by atoms with Crippen molar-refractivity contribution in [1.29, 1.82) is 0 Å². The number of hydrogen-bond acceptors (Lipinski definition) is 7. The summed E-state index contributed by atoms with van der Waals surface area (Å²) in [5.41, 5.74) is 0.625. The number of aromatic nitrogens is 4. The summed E-state index contributed by atoms with van der Waals surface area (Å²) in [6.45, 7) is 4.38. The Morgan fingerprint density at radius 2 is 1.65 bits per heavy atom. The highest BCUT2D eigenvalue weighted by Gasteiger charge is 2.23. The van der Waals surface area contributed by atoms with Gasteiger partial charge in [0, 0.05) is 68.5 Å². The lowest BCUT2D eigenvalue weighted by Crippen LogP contribution is -2.50. The van der Waals surface area contributed by atoms with E-state index in [9.17, 15) is 4.79 Å². The van der Waals surface area contributed by atoms with Gasteiger partial charge in [0.05, 0.1) is 14.2 Å².